The minimum Gasteiger partial charge on any atom is -0.497 e. The number of non-ortho nitro benzene ring substituents is 1. The Hall–Kier alpha value is -4.27. The van der Waals surface area contributed by atoms with Crippen LogP contribution in [0.4, 0.5) is 17.1 Å². The summed E-state index contributed by atoms with van der Waals surface area (Å²) in [6, 6.07) is 15.7. The summed E-state index contributed by atoms with van der Waals surface area (Å²) in [7, 11) is 1.56. The van der Waals surface area contributed by atoms with Crippen LogP contribution in [0.5, 0.6) is 5.75 Å². The van der Waals surface area contributed by atoms with Crippen LogP contribution in [0, 0.1) is 10.1 Å². The van der Waals surface area contributed by atoms with E-state index in [0.29, 0.717) is 22.7 Å². The van der Waals surface area contributed by atoms with Crippen LogP contribution in [-0.2, 0) is 11.3 Å². The van der Waals surface area contributed by atoms with Crippen molar-refractivity contribution in [2.75, 3.05) is 17.7 Å². The number of methoxy groups -OCH3 is 1. The number of ether oxygens (including phenoxy) is 1. The van der Waals surface area contributed by atoms with Gasteiger partial charge in [0, 0.05) is 29.6 Å². The Morgan fingerprint density at radius 2 is 1.63 bits per heavy atom. The molecule has 1 aromatic heterocycles. The van der Waals surface area contributed by atoms with E-state index in [2.05, 4.69) is 10.6 Å². The van der Waals surface area contributed by atoms with Crippen LogP contribution in [0.25, 0.3) is 0 Å². The Labute approximate surface area is 172 Å². The van der Waals surface area contributed by atoms with Crippen LogP contribution in [0.3, 0.4) is 0 Å². The topological polar surface area (TPSA) is 114 Å². The van der Waals surface area contributed by atoms with Crippen molar-refractivity contribution in [1.29, 1.82) is 0 Å². The number of hydrogen-bond donors (Lipinski definition) is 2. The first-order chi connectivity index (χ1) is 14.4. The standard InChI is InChI=1S/C21H18N4O5/c1-30-19-10-6-16(7-11-19)22-20(26)14-24-12-2-3-15(13-24)21(27)23-17-4-8-18(9-5-17)25(28)29/h2-13H,14H2,1H3,(H-,22,23,26,27)/p+1. The Bertz CT molecular complexity index is 1070. The lowest BCUT2D eigenvalue weighted by Crippen LogP contribution is -2.40. The van der Waals surface area contributed by atoms with E-state index in [1.165, 1.54) is 24.3 Å². The largest absolute Gasteiger partial charge is 0.497 e. The molecule has 9 heteroatoms. The predicted octanol–water partition coefficient (Wildman–Crippen LogP) is 2.78. The molecule has 0 bridgehead atoms. The molecule has 0 aliphatic carbocycles. The van der Waals surface area contributed by atoms with Crippen molar-refractivity contribution in [3.05, 3.63) is 88.7 Å². The maximum Gasteiger partial charge on any atom is 0.290 e. The molecule has 0 aliphatic rings. The lowest BCUT2D eigenvalue weighted by atomic mass is 10.2. The zero-order valence-corrected chi connectivity index (χ0v) is 16.1. The normalized spacial score (nSPS) is 10.2. The number of rotatable bonds is 7. The fourth-order valence-corrected chi connectivity index (χ4v) is 2.67. The number of carbonyl (C=O) groups is 2. The quantitative estimate of drug-likeness (QED) is 0.355. The van der Waals surface area contributed by atoms with E-state index in [1.54, 1.807) is 60.5 Å². The molecule has 0 atom stereocenters. The highest BCUT2D eigenvalue weighted by atomic mass is 16.6. The van der Waals surface area contributed by atoms with E-state index in [1.807, 2.05) is 0 Å². The number of pyridine rings is 1. The third kappa shape index (κ3) is 5.38. The molecule has 3 rings (SSSR count). The molecule has 2 N–H and O–H groups in total. The number of nitro benzene ring substituents is 1. The second kappa shape index (κ2) is 9.28. The fourth-order valence-electron chi connectivity index (χ4n) is 2.67. The van der Waals surface area contributed by atoms with Gasteiger partial charge in [-0.1, -0.05) is 0 Å². The average Bonchev–Trinajstić information content (AvgIpc) is 2.74. The van der Waals surface area contributed by atoms with Gasteiger partial charge in [0.15, 0.2) is 12.4 Å². The third-order valence-corrected chi connectivity index (χ3v) is 4.16. The second-order valence-electron chi connectivity index (χ2n) is 6.30. The van der Waals surface area contributed by atoms with E-state index in [9.17, 15) is 19.7 Å². The summed E-state index contributed by atoms with van der Waals surface area (Å²) < 4.78 is 6.67. The maximum atomic E-state index is 12.5. The number of nitrogens with zero attached hydrogens (tertiary/aromatic N) is 2. The predicted molar refractivity (Wildman–Crippen MR) is 109 cm³/mol. The van der Waals surface area contributed by atoms with Gasteiger partial charge in [-0.3, -0.25) is 19.7 Å². The molecule has 0 saturated carbocycles. The Morgan fingerprint density at radius 3 is 2.27 bits per heavy atom. The summed E-state index contributed by atoms with van der Waals surface area (Å²) in [5.41, 5.74) is 1.34. The monoisotopic (exact) mass is 407 g/mol. The minimum absolute atomic E-state index is 0.0185. The number of hydrogen-bond acceptors (Lipinski definition) is 5. The van der Waals surface area contributed by atoms with Crippen LogP contribution in [0.2, 0.25) is 0 Å². The van der Waals surface area contributed by atoms with Crippen LogP contribution in [0.1, 0.15) is 10.4 Å². The van der Waals surface area contributed by atoms with Crippen molar-refractivity contribution in [2.24, 2.45) is 0 Å². The van der Waals surface area contributed by atoms with E-state index >= 15 is 0 Å². The molecule has 0 unspecified atom stereocenters. The molecular weight excluding hydrogens is 388 g/mol. The van der Waals surface area contributed by atoms with Crippen molar-refractivity contribution in [3.63, 3.8) is 0 Å². The molecule has 0 spiro atoms. The van der Waals surface area contributed by atoms with Crippen LogP contribution < -0.4 is 19.9 Å². The summed E-state index contributed by atoms with van der Waals surface area (Å²) >= 11 is 0. The molecule has 2 amide bonds. The SMILES string of the molecule is COc1ccc(NC(=O)C[n+]2cccc(C(=O)Nc3ccc([N+](=O)[O-])cc3)c2)cc1. The molecule has 0 fully saturated rings. The third-order valence-electron chi connectivity index (χ3n) is 4.16. The summed E-state index contributed by atoms with van der Waals surface area (Å²) in [5.74, 6) is 0.0426. The van der Waals surface area contributed by atoms with Crippen LogP contribution in [0.15, 0.2) is 73.1 Å². The lowest BCUT2D eigenvalue weighted by Gasteiger charge is -2.06. The van der Waals surface area contributed by atoms with Gasteiger partial charge in [-0.05, 0) is 42.5 Å². The number of amides is 2. The summed E-state index contributed by atoms with van der Waals surface area (Å²) in [4.78, 5) is 34.9. The Balaban J connectivity index is 1.62. The average molecular weight is 407 g/mol. The van der Waals surface area contributed by atoms with Crippen molar-refractivity contribution >= 4 is 28.9 Å². The van der Waals surface area contributed by atoms with Crippen LogP contribution >= 0.6 is 0 Å². The van der Waals surface area contributed by atoms with Gasteiger partial charge in [-0.15, -0.1) is 0 Å². The number of aromatic nitrogens is 1. The van der Waals surface area contributed by atoms with E-state index < -0.39 is 10.8 Å². The Kier molecular flexibility index (Phi) is 6.33. The highest BCUT2D eigenvalue weighted by Crippen LogP contribution is 2.16. The van der Waals surface area contributed by atoms with Gasteiger partial charge < -0.3 is 15.4 Å². The van der Waals surface area contributed by atoms with Gasteiger partial charge in [-0.25, -0.2) is 0 Å². The molecule has 152 valence electrons. The van der Waals surface area contributed by atoms with E-state index in [-0.39, 0.29) is 18.1 Å². The lowest BCUT2D eigenvalue weighted by molar-refractivity contribution is -0.684. The first-order valence-corrected chi connectivity index (χ1v) is 8.93. The molecule has 3 aromatic rings. The highest BCUT2D eigenvalue weighted by molar-refractivity contribution is 6.03. The summed E-state index contributed by atoms with van der Waals surface area (Å²) in [5, 5.41) is 16.1. The van der Waals surface area contributed by atoms with E-state index in [4.69, 9.17) is 4.74 Å². The van der Waals surface area contributed by atoms with E-state index in [0.717, 1.165) is 0 Å². The van der Waals surface area contributed by atoms with Gasteiger partial charge in [-0.2, -0.15) is 4.57 Å². The van der Waals surface area contributed by atoms with Crippen LogP contribution in [-0.4, -0.2) is 23.8 Å². The number of benzene rings is 2. The molecular formula is C21H19N4O5+. The second-order valence-corrected chi connectivity index (χ2v) is 6.30. The first kappa shape index (κ1) is 20.5. The van der Waals surface area contributed by atoms with Crippen molar-refractivity contribution in [2.45, 2.75) is 6.54 Å². The van der Waals surface area contributed by atoms with Gasteiger partial charge in [0.2, 0.25) is 6.54 Å². The summed E-state index contributed by atoms with van der Waals surface area (Å²) in [6.07, 6.45) is 3.23. The zero-order valence-electron chi connectivity index (χ0n) is 16.1. The van der Waals surface area contributed by atoms with Gasteiger partial charge in [0.1, 0.15) is 11.3 Å². The minimum atomic E-state index is -0.511. The molecule has 30 heavy (non-hydrogen) atoms. The first-order valence-electron chi connectivity index (χ1n) is 8.93. The van der Waals surface area contributed by atoms with Crippen molar-refractivity contribution < 1.29 is 23.8 Å². The van der Waals surface area contributed by atoms with Gasteiger partial charge >= 0.3 is 0 Å². The molecule has 9 nitrogen and oxygen atoms in total. The highest BCUT2D eigenvalue weighted by Gasteiger charge is 2.15. The van der Waals surface area contributed by atoms with Gasteiger partial charge in [0.05, 0.1) is 12.0 Å². The fraction of sp³-hybridized carbons (Fsp3) is 0.0952. The van der Waals surface area contributed by atoms with Gasteiger partial charge in [0.25, 0.3) is 17.5 Å². The molecule has 2 aromatic carbocycles. The number of nitrogens with one attached hydrogen (secondary N) is 2. The Morgan fingerprint density at radius 1 is 1.00 bits per heavy atom. The van der Waals surface area contributed by atoms with Crippen molar-refractivity contribution in [3.8, 4) is 5.75 Å². The molecule has 0 saturated heterocycles. The summed E-state index contributed by atoms with van der Waals surface area (Å²) in [6.45, 7) is 0.0185. The number of nitro groups is 1. The number of anilines is 2. The number of carbonyl (C=O) groups excluding carboxylic acids is 2. The zero-order chi connectivity index (χ0) is 21.5. The molecule has 0 radical (unpaired) electrons. The molecule has 0 aliphatic heterocycles. The maximum absolute atomic E-state index is 12.5. The smallest absolute Gasteiger partial charge is 0.290 e. The van der Waals surface area contributed by atoms with Crippen molar-refractivity contribution in [1.82, 2.24) is 0 Å². The molecule has 1 heterocycles.